The fraction of sp³-hybridized carbons (Fsp3) is 0.222. The summed E-state index contributed by atoms with van der Waals surface area (Å²) in [6, 6.07) is 19.8. The smallest absolute Gasteiger partial charge is 0.257 e. The summed E-state index contributed by atoms with van der Waals surface area (Å²) in [7, 11) is 0. The van der Waals surface area contributed by atoms with Gasteiger partial charge in [-0.25, -0.2) is 4.98 Å². The number of anilines is 2. The number of fused-ring (bicyclic) bond motifs is 2. The highest BCUT2D eigenvalue weighted by Gasteiger charge is 2.27. The molecule has 0 saturated heterocycles. The summed E-state index contributed by atoms with van der Waals surface area (Å²) in [4.78, 5) is 33.0. The molecule has 0 saturated carbocycles. The van der Waals surface area contributed by atoms with Gasteiger partial charge in [0.15, 0.2) is 5.13 Å². The average Bonchev–Trinajstić information content (AvgIpc) is 3.40. The SMILES string of the molecule is Cc1sc(NC(=O)c2ccc3ccccc3c2)nc1-c1ccc2c(c1)CCN2C(=O)C(C)C. The van der Waals surface area contributed by atoms with Gasteiger partial charge in [0.25, 0.3) is 5.91 Å². The number of thiazole rings is 1. The molecule has 3 aromatic carbocycles. The predicted molar refractivity (Wildman–Crippen MR) is 135 cm³/mol. The van der Waals surface area contributed by atoms with E-state index in [9.17, 15) is 9.59 Å². The fourth-order valence-corrected chi connectivity index (χ4v) is 5.14. The molecule has 2 amide bonds. The number of nitrogens with one attached hydrogen (secondary N) is 1. The third-order valence-corrected chi connectivity index (χ3v) is 6.92. The maximum Gasteiger partial charge on any atom is 0.257 e. The minimum Gasteiger partial charge on any atom is -0.312 e. The predicted octanol–water partition coefficient (Wildman–Crippen LogP) is 6.07. The summed E-state index contributed by atoms with van der Waals surface area (Å²) < 4.78 is 0. The lowest BCUT2D eigenvalue weighted by Gasteiger charge is -2.19. The van der Waals surface area contributed by atoms with Gasteiger partial charge in [-0.15, -0.1) is 11.3 Å². The summed E-state index contributed by atoms with van der Waals surface area (Å²) in [6.45, 7) is 6.60. The van der Waals surface area contributed by atoms with Crippen LogP contribution in [0.5, 0.6) is 0 Å². The lowest BCUT2D eigenvalue weighted by atomic mass is 10.1. The third kappa shape index (κ3) is 4.02. The van der Waals surface area contributed by atoms with Crippen molar-refractivity contribution in [1.29, 1.82) is 0 Å². The van der Waals surface area contributed by atoms with Crippen LogP contribution in [-0.4, -0.2) is 23.3 Å². The third-order valence-electron chi connectivity index (χ3n) is 6.04. The minimum atomic E-state index is -0.169. The first kappa shape index (κ1) is 21.3. The van der Waals surface area contributed by atoms with Crippen molar-refractivity contribution in [2.75, 3.05) is 16.8 Å². The maximum absolute atomic E-state index is 12.8. The average molecular weight is 456 g/mol. The van der Waals surface area contributed by atoms with Crippen molar-refractivity contribution < 1.29 is 9.59 Å². The Bertz CT molecular complexity index is 1390. The lowest BCUT2D eigenvalue weighted by Crippen LogP contribution is -2.32. The van der Waals surface area contributed by atoms with Gasteiger partial charge in [0.2, 0.25) is 5.91 Å². The molecule has 1 aliphatic heterocycles. The van der Waals surface area contributed by atoms with E-state index in [4.69, 9.17) is 4.98 Å². The van der Waals surface area contributed by atoms with Crippen LogP contribution < -0.4 is 10.2 Å². The Morgan fingerprint density at radius 1 is 1.03 bits per heavy atom. The molecule has 1 N–H and O–H groups in total. The second kappa shape index (κ2) is 8.45. The molecule has 4 aromatic rings. The van der Waals surface area contributed by atoms with Gasteiger partial charge in [0.05, 0.1) is 5.69 Å². The van der Waals surface area contributed by atoms with E-state index in [1.165, 1.54) is 11.3 Å². The van der Waals surface area contributed by atoms with Gasteiger partial charge in [0.1, 0.15) is 0 Å². The van der Waals surface area contributed by atoms with E-state index in [2.05, 4.69) is 11.4 Å². The number of rotatable bonds is 4. The van der Waals surface area contributed by atoms with Crippen molar-refractivity contribution in [3.63, 3.8) is 0 Å². The monoisotopic (exact) mass is 455 g/mol. The van der Waals surface area contributed by atoms with Crippen molar-refractivity contribution >= 4 is 44.7 Å². The molecule has 0 unspecified atom stereocenters. The molecule has 2 heterocycles. The van der Waals surface area contributed by atoms with Gasteiger partial charge in [-0.05, 0) is 53.9 Å². The number of aromatic nitrogens is 1. The second-order valence-corrected chi connectivity index (χ2v) is 9.88. The summed E-state index contributed by atoms with van der Waals surface area (Å²) in [6.07, 6.45) is 0.844. The van der Waals surface area contributed by atoms with Crippen LogP contribution >= 0.6 is 11.3 Å². The number of benzene rings is 3. The van der Waals surface area contributed by atoms with E-state index < -0.39 is 0 Å². The summed E-state index contributed by atoms with van der Waals surface area (Å²) in [5.74, 6) is -0.0342. The van der Waals surface area contributed by atoms with Crippen molar-refractivity contribution in [3.8, 4) is 11.3 Å². The molecule has 0 fully saturated rings. The Morgan fingerprint density at radius 3 is 2.61 bits per heavy atom. The highest BCUT2D eigenvalue weighted by Crippen LogP contribution is 2.36. The van der Waals surface area contributed by atoms with Crippen molar-refractivity contribution in [3.05, 3.63) is 76.7 Å². The Balaban J connectivity index is 1.38. The van der Waals surface area contributed by atoms with E-state index in [0.29, 0.717) is 10.7 Å². The fourth-order valence-electron chi connectivity index (χ4n) is 4.31. The van der Waals surface area contributed by atoms with Crippen molar-refractivity contribution in [2.24, 2.45) is 5.92 Å². The van der Waals surface area contributed by atoms with E-state index in [1.807, 2.05) is 80.3 Å². The maximum atomic E-state index is 12.8. The van der Waals surface area contributed by atoms with Gasteiger partial charge in [0, 0.05) is 34.2 Å². The summed E-state index contributed by atoms with van der Waals surface area (Å²) in [5, 5.41) is 5.67. The first-order chi connectivity index (χ1) is 15.9. The number of carbonyl (C=O) groups is 2. The molecule has 5 rings (SSSR count). The summed E-state index contributed by atoms with van der Waals surface area (Å²) >= 11 is 1.47. The first-order valence-electron chi connectivity index (χ1n) is 11.1. The van der Waals surface area contributed by atoms with Gasteiger partial charge >= 0.3 is 0 Å². The van der Waals surface area contributed by atoms with Crippen LogP contribution in [0.25, 0.3) is 22.0 Å². The van der Waals surface area contributed by atoms with E-state index in [1.54, 1.807) is 0 Å². The quantitative estimate of drug-likeness (QED) is 0.406. The number of carbonyl (C=O) groups excluding carboxylic acids is 2. The van der Waals surface area contributed by atoms with Gasteiger partial charge in [-0.2, -0.15) is 0 Å². The van der Waals surface area contributed by atoms with Crippen LogP contribution in [0.1, 0.15) is 34.6 Å². The molecule has 1 aromatic heterocycles. The number of amides is 2. The molecule has 6 heteroatoms. The van der Waals surface area contributed by atoms with Crippen LogP contribution in [0.3, 0.4) is 0 Å². The molecular weight excluding hydrogens is 430 g/mol. The lowest BCUT2D eigenvalue weighted by molar-refractivity contribution is -0.121. The Labute approximate surface area is 197 Å². The standard InChI is InChI=1S/C27H25N3O2S/c1-16(2)26(32)30-13-12-20-15-21(10-11-23(20)30)24-17(3)33-27(28-24)29-25(31)22-9-8-18-6-4-5-7-19(18)14-22/h4-11,14-16H,12-13H2,1-3H3,(H,28,29,31). The van der Waals surface area contributed by atoms with Crippen molar-refractivity contribution in [1.82, 2.24) is 4.98 Å². The van der Waals surface area contributed by atoms with Crippen LogP contribution in [-0.2, 0) is 11.2 Å². The molecule has 0 aliphatic carbocycles. The molecule has 33 heavy (non-hydrogen) atoms. The normalized spacial score (nSPS) is 12.9. The van der Waals surface area contributed by atoms with Crippen LogP contribution in [0.2, 0.25) is 0 Å². The number of hydrogen-bond acceptors (Lipinski definition) is 4. The molecule has 166 valence electrons. The highest BCUT2D eigenvalue weighted by molar-refractivity contribution is 7.16. The Hall–Kier alpha value is -3.51. The topological polar surface area (TPSA) is 62.3 Å². The number of aryl methyl sites for hydroxylation is 1. The zero-order valence-corrected chi connectivity index (χ0v) is 19.7. The zero-order chi connectivity index (χ0) is 23.1. The van der Waals surface area contributed by atoms with Crippen LogP contribution in [0, 0.1) is 12.8 Å². The van der Waals surface area contributed by atoms with Crippen molar-refractivity contribution in [2.45, 2.75) is 27.2 Å². The van der Waals surface area contributed by atoms with E-state index in [0.717, 1.165) is 51.1 Å². The van der Waals surface area contributed by atoms with E-state index in [-0.39, 0.29) is 17.7 Å². The minimum absolute atomic E-state index is 0.0230. The van der Waals surface area contributed by atoms with Crippen LogP contribution in [0.15, 0.2) is 60.7 Å². The molecular formula is C27H25N3O2S. The molecule has 0 spiro atoms. The van der Waals surface area contributed by atoms with E-state index >= 15 is 0 Å². The highest BCUT2D eigenvalue weighted by atomic mass is 32.1. The summed E-state index contributed by atoms with van der Waals surface area (Å²) in [5.41, 5.74) is 4.64. The zero-order valence-electron chi connectivity index (χ0n) is 18.9. The number of nitrogens with zero attached hydrogens (tertiary/aromatic N) is 2. The molecule has 0 atom stereocenters. The Kier molecular flexibility index (Phi) is 5.46. The molecule has 0 radical (unpaired) electrons. The van der Waals surface area contributed by atoms with Gasteiger partial charge in [-0.3, -0.25) is 14.9 Å². The Morgan fingerprint density at radius 2 is 1.82 bits per heavy atom. The van der Waals surface area contributed by atoms with Gasteiger partial charge < -0.3 is 4.90 Å². The second-order valence-electron chi connectivity index (χ2n) is 8.68. The molecule has 0 bridgehead atoms. The number of hydrogen-bond donors (Lipinski definition) is 1. The van der Waals surface area contributed by atoms with Crippen LogP contribution in [0.4, 0.5) is 10.8 Å². The molecule has 1 aliphatic rings. The van der Waals surface area contributed by atoms with Gasteiger partial charge in [-0.1, -0.05) is 50.2 Å². The largest absolute Gasteiger partial charge is 0.312 e. The molecule has 5 nitrogen and oxygen atoms in total. The first-order valence-corrected chi connectivity index (χ1v) is 11.9.